The van der Waals surface area contributed by atoms with Crippen molar-refractivity contribution in [2.75, 3.05) is 23.0 Å². The standard InChI is InChI=1S/C18H20N8O6S3/c1-23-11(19)9(13(29)25(3)17(23)31)7(27)5-33-15-21-22-16(35-15)34-6-8(28)10-12(20)24(2)18(32)26(4)14(10)30/h5-6,19-20H2,1-4H3. The van der Waals surface area contributed by atoms with E-state index in [1.54, 1.807) is 0 Å². The van der Waals surface area contributed by atoms with Gasteiger partial charge in [-0.05, 0) is 0 Å². The predicted octanol–water partition coefficient (Wildman–Crippen LogP) is -1.55. The molecule has 0 aromatic carbocycles. The molecule has 4 N–H and O–H groups in total. The van der Waals surface area contributed by atoms with Gasteiger partial charge in [-0.15, -0.1) is 10.2 Å². The summed E-state index contributed by atoms with van der Waals surface area (Å²) < 4.78 is 4.42. The molecule has 186 valence electrons. The van der Waals surface area contributed by atoms with E-state index < -0.39 is 34.1 Å². The summed E-state index contributed by atoms with van der Waals surface area (Å²) in [6.45, 7) is 0. The van der Waals surface area contributed by atoms with E-state index in [0.29, 0.717) is 8.68 Å². The second kappa shape index (κ2) is 10.0. The fraction of sp³-hybridized carbons (Fsp3) is 0.333. The number of hydrogen-bond acceptors (Lipinski definition) is 13. The third kappa shape index (κ3) is 4.87. The van der Waals surface area contributed by atoms with E-state index in [0.717, 1.165) is 53.1 Å². The number of anilines is 2. The van der Waals surface area contributed by atoms with E-state index in [2.05, 4.69) is 10.2 Å². The Hall–Kier alpha value is -3.44. The van der Waals surface area contributed by atoms with Crippen molar-refractivity contribution in [2.45, 2.75) is 8.68 Å². The molecule has 0 unspecified atom stereocenters. The number of nitrogens with two attached hydrogens (primary N) is 2. The van der Waals surface area contributed by atoms with E-state index >= 15 is 0 Å². The Bertz CT molecular complexity index is 1480. The van der Waals surface area contributed by atoms with Gasteiger partial charge in [-0.25, -0.2) is 9.59 Å². The molecule has 3 rings (SSSR count). The molecule has 0 spiro atoms. The number of carbonyl (C=O) groups excluding carboxylic acids is 2. The Kier molecular flexibility index (Phi) is 7.51. The van der Waals surface area contributed by atoms with Crippen LogP contribution in [0.15, 0.2) is 27.9 Å². The van der Waals surface area contributed by atoms with Crippen molar-refractivity contribution in [1.29, 1.82) is 0 Å². The zero-order chi connectivity index (χ0) is 26.2. The van der Waals surface area contributed by atoms with Gasteiger partial charge in [0.25, 0.3) is 11.1 Å². The van der Waals surface area contributed by atoms with Crippen molar-refractivity contribution in [3.63, 3.8) is 0 Å². The molecule has 3 aromatic rings. The highest BCUT2D eigenvalue weighted by atomic mass is 32.2. The highest BCUT2D eigenvalue weighted by molar-refractivity contribution is 8.03. The highest BCUT2D eigenvalue weighted by Crippen LogP contribution is 2.29. The van der Waals surface area contributed by atoms with Crippen LogP contribution in [0.4, 0.5) is 11.6 Å². The Labute approximate surface area is 208 Å². The number of aromatic nitrogens is 6. The molecule has 0 fully saturated rings. The first-order chi connectivity index (χ1) is 16.4. The molecule has 14 nitrogen and oxygen atoms in total. The lowest BCUT2D eigenvalue weighted by atomic mass is 10.2. The summed E-state index contributed by atoms with van der Waals surface area (Å²) in [7, 11) is 5.22. The summed E-state index contributed by atoms with van der Waals surface area (Å²) >= 11 is 3.13. The molecule has 3 heterocycles. The van der Waals surface area contributed by atoms with Crippen LogP contribution in [-0.4, -0.2) is 51.5 Å². The molecule has 0 aliphatic carbocycles. The summed E-state index contributed by atoms with van der Waals surface area (Å²) in [5.41, 5.74) is 8.16. The molecule has 17 heteroatoms. The van der Waals surface area contributed by atoms with Gasteiger partial charge in [0.15, 0.2) is 20.2 Å². The van der Waals surface area contributed by atoms with Gasteiger partial charge in [0.1, 0.15) is 22.8 Å². The molecule has 3 aromatic heterocycles. The van der Waals surface area contributed by atoms with Gasteiger partial charge in [0.05, 0.1) is 11.5 Å². The lowest BCUT2D eigenvalue weighted by molar-refractivity contribution is 0.101. The minimum absolute atomic E-state index is 0.180. The van der Waals surface area contributed by atoms with Gasteiger partial charge < -0.3 is 11.5 Å². The van der Waals surface area contributed by atoms with E-state index in [9.17, 15) is 28.8 Å². The Morgan fingerprint density at radius 1 is 0.714 bits per heavy atom. The zero-order valence-electron chi connectivity index (χ0n) is 18.9. The number of ketones is 2. The van der Waals surface area contributed by atoms with Crippen molar-refractivity contribution < 1.29 is 9.59 Å². The van der Waals surface area contributed by atoms with Gasteiger partial charge in [-0.2, -0.15) is 0 Å². The van der Waals surface area contributed by atoms with Gasteiger partial charge in [0, 0.05) is 28.2 Å². The van der Waals surface area contributed by atoms with E-state index in [4.69, 9.17) is 11.5 Å². The predicted molar refractivity (Wildman–Crippen MR) is 133 cm³/mol. The molecule has 0 aliphatic heterocycles. The van der Waals surface area contributed by atoms with Crippen molar-refractivity contribution >= 4 is 58.1 Å². The summed E-state index contributed by atoms with van der Waals surface area (Å²) in [6, 6.07) is 0. The van der Waals surface area contributed by atoms with Crippen molar-refractivity contribution in [1.82, 2.24) is 28.5 Å². The molecule has 0 saturated heterocycles. The van der Waals surface area contributed by atoms with Crippen LogP contribution in [0.5, 0.6) is 0 Å². The lowest BCUT2D eigenvalue weighted by Crippen LogP contribution is -2.41. The SMILES string of the molecule is Cn1c(N)c(C(=O)CSc2nnc(SCC(=O)c3c(N)n(C)c(=O)n(C)c3=O)s2)c(=O)n(C)c1=O. The minimum Gasteiger partial charge on any atom is -0.384 e. The molecule has 35 heavy (non-hydrogen) atoms. The minimum atomic E-state index is -0.785. The molecule has 0 amide bonds. The molecule has 0 radical (unpaired) electrons. The number of rotatable bonds is 8. The maximum absolute atomic E-state index is 12.6. The third-order valence-electron chi connectivity index (χ3n) is 5.02. The van der Waals surface area contributed by atoms with E-state index in [1.165, 1.54) is 28.2 Å². The smallest absolute Gasteiger partial charge is 0.332 e. The van der Waals surface area contributed by atoms with E-state index in [1.807, 2.05) is 0 Å². The Morgan fingerprint density at radius 3 is 1.40 bits per heavy atom. The van der Waals surface area contributed by atoms with Crippen LogP contribution < -0.4 is 34.0 Å². The van der Waals surface area contributed by atoms with Gasteiger partial charge in [0.2, 0.25) is 0 Å². The Balaban J connectivity index is 1.69. The first-order valence-electron chi connectivity index (χ1n) is 9.63. The summed E-state index contributed by atoms with van der Waals surface area (Å²) in [5, 5.41) is 7.89. The maximum Gasteiger partial charge on any atom is 0.332 e. The molecular formula is C18H20N8O6S3. The number of thioether (sulfide) groups is 2. The topological polar surface area (TPSA) is 200 Å². The fourth-order valence-corrected chi connectivity index (χ4v) is 5.72. The van der Waals surface area contributed by atoms with Crippen LogP contribution in [0.25, 0.3) is 0 Å². The van der Waals surface area contributed by atoms with Crippen molar-refractivity contribution in [3.8, 4) is 0 Å². The number of Topliss-reactive ketones (excluding diaryl/α,β-unsaturated/α-hetero) is 2. The average Bonchev–Trinajstić information content (AvgIpc) is 3.29. The quantitative estimate of drug-likeness (QED) is 0.246. The maximum atomic E-state index is 12.6. The molecule has 0 saturated carbocycles. The largest absolute Gasteiger partial charge is 0.384 e. The monoisotopic (exact) mass is 540 g/mol. The fourth-order valence-electron chi connectivity index (χ4n) is 2.96. The molecule has 0 atom stereocenters. The third-order valence-corrected chi connectivity index (χ3v) is 8.21. The number of carbonyl (C=O) groups is 2. The first-order valence-corrected chi connectivity index (χ1v) is 12.4. The molecule has 0 aliphatic rings. The van der Waals surface area contributed by atoms with Crippen LogP contribution in [0.3, 0.4) is 0 Å². The van der Waals surface area contributed by atoms with Gasteiger partial charge in [-0.3, -0.25) is 37.4 Å². The highest BCUT2D eigenvalue weighted by Gasteiger charge is 2.22. The summed E-state index contributed by atoms with van der Waals surface area (Å²) in [4.78, 5) is 73.7. The number of hydrogen-bond donors (Lipinski definition) is 2. The van der Waals surface area contributed by atoms with Crippen LogP contribution in [0.1, 0.15) is 20.7 Å². The van der Waals surface area contributed by atoms with Crippen LogP contribution in [0, 0.1) is 0 Å². The zero-order valence-corrected chi connectivity index (χ0v) is 21.4. The normalized spacial score (nSPS) is 11.1. The van der Waals surface area contributed by atoms with Crippen LogP contribution in [0.2, 0.25) is 0 Å². The number of nitrogens with zero attached hydrogens (tertiary/aromatic N) is 6. The van der Waals surface area contributed by atoms with Gasteiger partial charge >= 0.3 is 11.4 Å². The first kappa shape index (κ1) is 26.2. The average molecular weight is 541 g/mol. The molecular weight excluding hydrogens is 520 g/mol. The van der Waals surface area contributed by atoms with Crippen molar-refractivity contribution in [3.05, 3.63) is 52.8 Å². The summed E-state index contributed by atoms with van der Waals surface area (Å²) in [5.74, 6) is -1.96. The summed E-state index contributed by atoms with van der Waals surface area (Å²) in [6.07, 6.45) is 0. The second-order valence-electron chi connectivity index (χ2n) is 7.19. The number of nitrogen functional groups attached to an aromatic ring is 2. The van der Waals surface area contributed by atoms with Gasteiger partial charge in [-0.1, -0.05) is 34.9 Å². The van der Waals surface area contributed by atoms with Crippen LogP contribution in [-0.2, 0) is 28.2 Å². The van der Waals surface area contributed by atoms with Crippen LogP contribution >= 0.6 is 34.9 Å². The van der Waals surface area contributed by atoms with E-state index in [-0.39, 0.29) is 34.3 Å². The lowest BCUT2D eigenvalue weighted by Gasteiger charge is -2.10. The molecule has 0 bridgehead atoms. The second-order valence-corrected chi connectivity index (χ2v) is 10.6. The Morgan fingerprint density at radius 2 is 1.06 bits per heavy atom. The van der Waals surface area contributed by atoms with Crippen molar-refractivity contribution in [2.24, 2.45) is 28.2 Å².